The number of hydrogen-bond donors (Lipinski definition) is 0. The highest BCUT2D eigenvalue weighted by Gasteiger charge is 2.21. The van der Waals surface area contributed by atoms with Gasteiger partial charge in [-0.05, 0) is 54.2 Å². The summed E-state index contributed by atoms with van der Waals surface area (Å²) in [6.45, 7) is 2.28. The highest BCUT2D eigenvalue weighted by Crippen LogP contribution is 2.25. The molecular weight excluding hydrogens is 417 g/mol. The second kappa shape index (κ2) is 9.01. The first kappa shape index (κ1) is 21.2. The lowest BCUT2D eigenvalue weighted by atomic mass is 9.98. The molecule has 1 saturated heterocycles. The third kappa shape index (κ3) is 5.38. The van der Waals surface area contributed by atoms with E-state index in [1.54, 1.807) is 12.1 Å². The van der Waals surface area contributed by atoms with Gasteiger partial charge >= 0.3 is 0 Å². The largest absolute Gasteiger partial charge is 0.493 e. The Balaban J connectivity index is 1.28. The van der Waals surface area contributed by atoms with E-state index < -0.39 is 15.7 Å². The Kier molecular flexibility index (Phi) is 6.18. The van der Waals surface area contributed by atoms with Crippen molar-refractivity contribution in [3.8, 4) is 16.9 Å². The van der Waals surface area contributed by atoms with Gasteiger partial charge in [0.1, 0.15) is 5.75 Å². The standard InChI is InChI=1S/C23H24FN3O3S/c1-31(28,29)22-8-4-19(5-9-22)18-2-6-21(7-3-18)30-16-17-10-12-27(13-11-17)23-25-14-20(24)15-26-23/h2-9,14-15,17H,10-13,16H2,1H3. The van der Waals surface area contributed by atoms with Gasteiger partial charge in [-0.25, -0.2) is 22.8 Å². The van der Waals surface area contributed by atoms with Crippen molar-refractivity contribution in [1.82, 2.24) is 9.97 Å². The molecule has 1 fully saturated rings. The third-order valence-corrected chi connectivity index (χ3v) is 6.59. The van der Waals surface area contributed by atoms with Crippen LogP contribution in [-0.4, -0.2) is 44.3 Å². The fourth-order valence-corrected chi connectivity index (χ4v) is 4.25. The number of rotatable bonds is 6. The Morgan fingerprint density at radius 3 is 2.06 bits per heavy atom. The highest BCUT2D eigenvalue weighted by atomic mass is 32.2. The van der Waals surface area contributed by atoms with Crippen molar-refractivity contribution in [2.24, 2.45) is 5.92 Å². The summed E-state index contributed by atoms with van der Waals surface area (Å²) in [6.07, 6.45) is 5.52. The van der Waals surface area contributed by atoms with Crippen molar-refractivity contribution in [3.05, 3.63) is 66.7 Å². The van der Waals surface area contributed by atoms with Crippen LogP contribution in [0.5, 0.6) is 5.75 Å². The van der Waals surface area contributed by atoms with Crippen LogP contribution in [0.15, 0.2) is 65.8 Å². The fourth-order valence-electron chi connectivity index (χ4n) is 3.62. The Morgan fingerprint density at radius 1 is 0.968 bits per heavy atom. The lowest BCUT2D eigenvalue weighted by Gasteiger charge is -2.31. The molecule has 4 rings (SSSR count). The summed E-state index contributed by atoms with van der Waals surface area (Å²) in [7, 11) is -3.19. The number of aromatic nitrogens is 2. The predicted molar refractivity (Wildman–Crippen MR) is 117 cm³/mol. The second-order valence-electron chi connectivity index (χ2n) is 7.76. The van der Waals surface area contributed by atoms with E-state index in [0.717, 1.165) is 42.8 Å². The number of sulfone groups is 1. The van der Waals surface area contributed by atoms with E-state index in [-0.39, 0.29) is 0 Å². The van der Waals surface area contributed by atoms with Gasteiger partial charge in [0.2, 0.25) is 5.95 Å². The van der Waals surface area contributed by atoms with Crippen LogP contribution in [0.25, 0.3) is 11.1 Å². The van der Waals surface area contributed by atoms with Crippen LogP contribution in [-0.2, 0) is 9.84 Å². The molecule has 0 N–H and O–H groups in total. The summed E-state index contributed by atoms with van der Waals surface area (Å²) in [4.78, 5) is 10.5. The van der Waals surface area contributed by atoms with Gasteiger partial charge < -0.3 is 9.64 Å². The van der Waals surface area contributed by atoms with Crippen LogP contribution >= 0.6 is 0 Å². The van der Waals surface area contributed by atoms with Gasteiger partial charge in [-0.1, -0.05) is 24.3 Å². The fraction of sp³-hybridized carbons (Fsp3) is 0.304. The summed E-state index contributed by atoms with van der Waals surface area (Å²) >= 11 is 0. The number of halogens is 1. The van der Waals surface area contributed by atoms with Crippen molar-refractivity contribution in [2.45, 2.75) is 17.7 Å². The molecule has 31 heavy (non-hydrogen) atoms. The first-order valence-electron chi connectivity index (χ1n) is 10.1. The molecule has 1 aromatic heterocycles. The smallest absolute Gasteiger partial charge is 0.225 e. The van der Waals surface area contributed by atoms with E-state index in [1.165, 1.54) is 18.6 Å². The Bertz CT molecular complexity index is 1110. The van der Waals surface area contributed by atoms with Crippen LogP contribution in [0.3, 0.4) is 0 Å². The maximum absolute atomic E-state index is 13.0. The molecule has 0 aliphatic carbocycles. The molecule has 2 aromatic carbocycles. The van der Waals surface area contributed by atoms with E-state index in [1.807, 2.05) is 36.4 Å². The molecule has 0 radical (unpaired) electrons. The Labute approximate surface area is 181 Å². The number of hydrogen-bond acceptors (Lipinski definition) is 6. The summed E-state index contributed by atoms with van der Waals surface area (Å²) in [6, 6.07) is 14.7. The third-order valence-electron chi connectivity index (χ3n) is 5.46. The maximum atomic E-state index is 13.0. The van der Waals surface area contributed by atoms with Crippen LogP contribution < -0.4 is 9.64 Å². The van der Waals surface area contributed by atoms with Crippen molar-refractivity contribution < 1.29 is 17.5 Å². The van der Waals surface area contributed by atoms with Crippen molar-refractivity contribution in [2.75, 3.05) is 30.9 Å². The molecule has 0 spiro atoms. The summed E-state index contributed by atoms with van der Waals surface area (Å²) in [5.74, 6) is 1.39. The Hall–Kier alpha value is -3.00. The predicted octanol–water partition coefficient (Wildman–Crippen LogP) is 3.98. The maximum Gasteiger partial charge on any atom is 0.225 e. The number of piperidine rings is 1. The molecule has 1 aliphatic rings. The van der Waals surface area contributed by atoms with Gasteiger partial charge in [0, 0.05) is 19.3 Å². The number of anilines is 1. The molecule has 8 heteroatoms. The SMILES string of the molecule is CS(=O)(=O)c1ccc(-c2ccc(OCC3CCN(c4ncc(F)cn4)CC3)cc2)cc1. The molecule has 0 bridgehead atoms. The average molecular weight is 442 g/mol. The molecule has 6 nitrogen and oxygen atoms in total. The monoisotopic (exact) mass is 441 g/mol. The van der Waals surface area contributed by atoms with Crippen LogP contribution in [0.1, 0.15) is 12.8 Å². The lowest BCUT2D eigenvalue weighted by Crippen LogP contribution is -2.36. The molecule has 0 unspecified atom stereocenters. The van der Waals surface area contributed by atoms with E-state index in [4.69, 9.17) is 4.74 Å². The summed E-state index contributed by atoms with van der Waals surface area (Å²) < 4.78 is 42.1. The first-order valence-corrected chi connectivity index (χ1v) is 12.0. The van der Waals surface area contributed by atoms with Crippen molar-refractivity contribution in [1.29, 1.82) is 0 Å². The van der Waals surface area contributed by atoms with Gasteiger partial charge in [-0.15, -0.1) is 0 Å². The Morgan fingerprint density at radius 2 is 1.52 bits per heavy atom. The minimum atomic E-state index is -3.19. The molecule has 2 heterocycles. The zero-order valence-electron chi connectivity index (χ0n) is 17.2. The normalized spacial score (nSPS) is 15.1. The van der Waals surface area contributed by atoms with Gasteiger partial charge in [-0.3, -0.25) is 0 Å². The van der Waals surface area contributed by atoms with E-state index >= 15 is 0 Å². The molecule has 0 amide bonds. The van der Waals surface area contributed by atoms with Gasteiger partial charge in [-0.2, -0.15) is 0 Å². The van der Waals surface area contributed by atoms with Crippen LogP contribution in [0, 0.1) is 11.7 Å². The van der Waals surface area contributed by atoms with Crippen LogP contribution in [0.2, 0.25) is 0 Å². The molecular formula is C23H24FN3O3S. The minimum absolute atomic E-state index is 0.313. The minimum Gasteiger partial charge on any atom is -0.493 e. The van der Waals surface area contributed by atoms with E-state index in [0.29, 0.717) is 23.4 Å². The molecule has 3 aromatic rings. The molecule has 0 saturated carbocycles. The zero-order valence-corrected chi connectivity index (χ0v) is 18.1. The molecule has 1 aliphatic heterocycles. The zero-order chi connectivity index (χ0) is 21.8. The molecule has 0 atom stereocenters. The summed E-state index contributed by atoms with van der Waals surface area (Å²) in [5.41, 5.74) is 1.95. The summed E-state index contributed by atoms with van der Waals surface area (Å²) in [5, 5.41) is 0. The van der Waals surface area contributed by atoms with Crippen molar-refractivity contribution in [3.63, 3.8) is 0 Å². The van der Waals surface area contributed by atoms with Crippen molar-refractivity contribution >= 4 is 15.8 Å². The number of benzene rings is 2. The lowest BCUT2D eigenvalue weighted by molar-refractivity contribution is 0.222. The van der Waals surface area contributed by atoms with Crippen LogP contribution in [0.4, 0.5) is 10.3 Å². The van der Waals surface area contributed by atoms with Gasteiger partial charge in [0.15, 0.2) is 15.7 Å². The van der Waals surface area contributed by atoms with E-state index in [9.17, 15) is 12.8 Å². The van der Waals surface area contributed by atoms with E-state index in [2.05, 4.69) is 14.9 Å². The van der Waals surface area contributed by atoms with Gasteiger partial charge in [0.25, 0.3) is 0 Å². The number of ether oxygens (including phenoxy) is 1. The highest BCUT2D eigenvalue weighted by molar-refractivity contribution is 7.90. The average Bonchev–Trinajstić information content (AvgIpc) is 2.78. The first-order chi connectivity index (χ1) is 14.9. The topological polar surface area (TPSA) is 72.4 Å². The number of nitrogens with zero attached hydrogens (tertiary/aromatic N) is 3. The second-order valence-corrected chi connectivity index (χ2v) is 9.78. The quantitative estimate of drug-likeness (QED) is 0.576. The molecule has 162 valence electrons. The van der Waals surface area contributed by atoms with Gasteiger partial charge in [0.05, 0.1) is 23.9 Å².